The largest absolute Gasteiger partial charge is 0.321 e. The molecule has 0 heterocycles. The van der Waals surface area contributed by atoms with Gasteiger partial charge in [0.15, 0.2) is 5.78 Å². The van der Waals surface area contributed by atoms with Crippen molar-refractivity contribution in [1.29, 1.82) is 0 Å². The summed E-state index contributed by atoms with van der Waals surface area (Å²) >= 11 is 3.42. The van der Waals surface area contributed by atoms with Crippen LogP contribution in [0.5, 0.6) is 0 Å². The molecule has 0 saturated heterocycles. The fourth-order valence-electron chi connectivity index (χ4n) is 3.57. The standard InChI is InChI=1S/C32H25BrN2O3/c1-22-10-12-24(13-11-22)21-29(35-31(37)26-7-3-2-4-8-26)32(38)34-28-17-15-25(16-18-28)30(36)19-14-23-6-5-9-27(33)20-23/h2-21H,1H3,(H,34,38)(H,35,37)/b19-14+,29-21-. The number of hydrogen-bond acceptors (Lipinski definition) is 3. The van der Waals surface area contributed by atoms with Gasteiger partial charge in [-0.15, -0.1) is 0 Å². The number of benzene rings is 4. The summed E-state index contributed by atoms with van der Waals surface area (Å²) in [6.07, 6.45) is 4.89. The highest BCUT2D eigenvalue weighted by Gasteiger charge is 2.15. The summed E-state index contributed by atoms with van der Waals surface area (Å²) in [6.45, 7) is 1.98. The van der Waals surface area contributed by atoms with Crippen molar-refractivity contribution in [2.24, 2.45) is 0 Å². The van der Waals surface area contributed by atoms with Crippen LogP contribution in [0.1, 0.15) is 37.4 Å². The number of carbonyl (C=O) groups is 3. The van der Waals surface area contributed by atoms with E-state index in [2.05, 4.69) is 26.6 Å². The molecule has 38 heavy (non-hydrogen) atoms. The van der Waals surface area contributed by atoms with E-state index in [0.29, 0.717) is 16.8 Å². The monoisotopic (exact) mass is 564 g/mol. The van der Waals surface area contributed by atoms with Crippen LogP contribution in [0.25, 0.3) is 12.2 Å². The molecular weight excluding hydrogens is 540 g/mol. The molecule has 5 nitrogen and oxygen atoms in total. The predicted molar refractivity (Wildman–Crippen MR) is 156 cm³/mol. The highest BCUT2D eigenvalue weighted by Crippen LogP contribution is 2.16. The van der Waals surface area contributed by atoms with E-state index < -0.39 is 11.8 Å². The van der Waals surface area contributed by atoms with Gasteiger partial charge in [0.25, 0.3) is 11.8 Å². The van der Waals surface area contributed by atoms with Crippen molar-refractivity contribution in [3.05, 3.63) is 147 Å². The maximum atomic E-state index is 13.2. The third-order valence-electron chi connectivity index (χ3n) is 5.62. The van der Waals surface area contributed by atoms with Gasteiger partial charge in [-0.3, -0.25) is 14.4 Å². The van der Waals surface area contributed by atoms with E-state index in [9.17, 15) is 14.4 Å². The second kappa shape index (κ2) is 12.6. The average molecular weight is 565 g/mol. The molecule has 0 aliphatic carbocycles. The minimum absolute atomic E-state index is 0.0971. The first-order valence-corrected chi connectivity index (χ1v) is 12.7. The minimum atomic E-state index is -0.483. The topological polar surface area (TPSA) is 75.3 Å². The molecule has 188 valence electrons. The number of rotatable bonds is 8. The summed E-state index contributed by atoms with van der Waals surface area (Å²) < 4.78 is 0.933. The number of amides is 2. The van der Waals surface area contributed by atoms with Crippen molar-refractivity contribution >= 4 is 51.4 Å². The van der Waals surface area contributed by atoms with E-state index in [0.717, 1.165) is 21.2 Å². The summed E-state index contributed by atoms with van der Waals surface area (Å²) in [5.74, 6) is -1.03. The van der Waals surface area contributed by atoms with Crippen molar-refractivity contribution in [2.45, 2.75) is 6.92 Å². The predicted octanol–water partition coefficient (Wildman–Crippen LogP) is 7.06. The van der Waals surface area contributed by atoms with E-state index in [1.165, 1.54) is 6.08 Å². The Balaban J connectivity index is 1.49. The van der Waals surface area contributed by atoms with E-state index in [4.69, 9.17) is 0 Å². The number of carbonyl (C=O) groups excluding carboxylic acids is 3. The number of anilines is 1. The Kier molecular flexibility index (Phi) is 8.80. The SMILES string of the molecule is Cc1ccc(/C=C(\NC(=O)c2ccccc2)C(=O)Nc2ccc(C(=O)/C=C/c3cccc(Br)c3)cc2)cc1. The Bertz CT molecular complexity index is 1510. The Morgan fingerprint density at radius 1 is 0.737 bits per heavy atom. The molecule has 4 rings (SSSR count). The fraction of sp³-hybridized carbons (Fsp3) is 0.0312. The Labute approximate surface area is 230 Å². The van der Waals surface area contributed by atoms with E-state index in [-0.39, 0.29) is 11.5 Å². The first kappa shape index (κ1) is 26.5. The summed E-state index contributed by atoms with van der Waals surface area (Å²) in [6, 6.07) is 30.5. The van der Waals surface area contributed by atoms with Gasteiger partial charge in [-0.1, -0.05) is 82.2 Å². The molecule has 0 atom stereocenters. The number of hydrogen-bond donors (Lipinski definition) is 2. The minimum Gasteiger partial charge on any atom is -0.321 e. The molecule has 0 saturated carbocycles. The van der Waals surface area contributed by atoms with Gasteiger partial charge in [0.1, 0.15) is 5.70 Å². The molecule has 0 aromatic heterocycles. The number of allylic oxidation sites excluding steroid dienone is 1. The normalized spacial score (nSPS) is 11.3. The van der Waals surface area contributed by atoms with Crippen LogP contribution >= 0.6 is 15.9 Å². The molecule has 4 aromatic carbocycles. The number of ketones is 1. The van der Waals surface area contributed by atoms with Crippen LogP contribution < -0.4 is 10.6 Å². The first-order valence-electron chi connectivity index (χ1n) is 11.9. The van der Waals surface area contributed by atoms with Gasteiger partial charge in [-0.2, -0.15) is 0 Å². The molecule has 0 aliphatic heterocycles. The van der Waals surface area contributed by atoms with Crippen molar-refractivity contribution in [1.82, 2.24) is 5.32 Å². The second-order valence-electron chi connectivity index (χ2n) is 8.57. The third kappa shape index (κ3) is 7.48. The zero-order valence-electron chi connectivity index (χ0n) is 20.6. The molecule has 0 fully saturated rings. The lowest BCUT2D eigenvalue weighted by molar-refractivity contribution is -0.113. The molecule has 0 bridgehead atoms. The highest BCUT2D eigenvalue weighted by atomic mass is 79.9. The van der Waals surface area contributed by atoms with E-state index in [1.54, 1.807) is 60.7 Å². The van der Waals surface area contributed by atoms with Crippen LogP contribution in [0.3, 0.4) is 0 Å². The van der Waals surface area contributed by atoms with Gasteiger partial charge < -0.3 is 10.6 Å². The maximum Gasteiger partial charge on any atom is 0.272 e. The van der Waals surface area contributed by atoms with Gasteiger partial charge in [-0.25, -0.2) is 0 Å². The van der Waals surface area contributed by atoms with Crippen LogP contribution in [0, 0.1) is 6.92 Å². The Morgan fingerprint density at radius 2 is 1.45 bits per heavy atom. The van der Waals surface area contributed by atoms with Gasteiger partial charge in [-0.05, 0) is 78.7 Å². The number of aryl methyl sites for hydroxylation is 1. The van der Waals surface area contributed by atoms with Crippen LogP contribution in [0.15, 0.2) is 119 Å². The van der Waals surface area contributed by atoms with Crippen molar-refractivity contribution in [2.75, 3.05) is 5.32 Å². The summed E-state index contributed by atoms with van der Waals surface area (Å²) in [7, 11) is 0. The lowest BCUT2D eigenvalue weighted by Gasteiger charge is -2.12. The van der Waals surface area contributed by atoms with Crippen LogP contribution in [0.4, 0.5) is 5.69 Å². The second-order valence-corrected chi connectivity index (χ2v) is 9.49. The molecule has 0 radical (unpaired) electrons. The summed E-state index contributed by atoms with van der Waals surface area (Å²) in [4.78, 5) is 38.5. The van der Waals surface area contributed by atoms with Gasteiger partial charge in [0, 0.05) is 21.3 Å². The quantitative estimate of drug-likeness (QED) is 0.177. The first-order chi connectivity index (χ1) is 18.4. The maximum absolute atomic E-state index is 13.2. The highest BCUT2D eigenvalue weighted by molar-refractivity contribution is 9.10. The van der Waals surface area contributed by atoms with Crippen LogP contribution in [-0.2, 0) is 4.79 Å². The summed E-state index contributed by atoms with van der Waals surface area (Å²) in [5.41, 5.74) is 4.28. The molecule has 6 heteroatoms. The third-order valence-corrected chi connectivity index (χ3v) is 6.11. The van der Waals surface area contributed by atoms with Gasteiger partial charge in [0.2, 0.25) is 0 Å². The molecule has 4 aromatic rings. The molecular formula is C32H25BrN2O3. The van der Waals surface area contributed by atoms with Crippen molar-refractivity contribution in [3.63, 3.8) is 0 Å². The van der Waals surface area contributed by atoms with Gasteiger partial charge >= 0.3 is 0 Å². The van der Waals surface area contributed by atoms with E-state index >= 15 is 0 Å². The van der Waals surface area contributed by atoms with Gasteiger partial charge in [0.05, 0.1) is 0 Å². The number of halogens is 1. The lowest BCUT2D eigenvalue weighted by Crippen LogP contribution is -2.30. The van der Waals surface area contributed by atoms with Crippen molar-refractivity contribution in [3.8, 4) is 0 Å². The van der Waals surface area contributed by atoms with E-state index in [1.807, 2.05) is 61.5 Å². The zero-order valence-corrected chi connectivity index (χ0v) is 22.2. The summed E-state index contributed by atoms with van der Waals surface area (Å²) in [5, 5.41) is 5.53. The number of nitrogens with one attached hydrogen (secondary N) is 2. The molecule has 0 unspecified atom stereocenters. The molecule has 2 N–H and O–H groups in total. The Hall–Kier alpha value is -4.55. The average Bonchev–Trinajstić information content (AvgIpc) is 2.93. The molecule has 2 amide bonds. The Morgan fingerprint density at radius 3 is 2.13 bits per heavy atom. The smallest absolute Gasteiger partial charge is 0.272 e. The fourth-order valence-corrected chi connectivity index (χ4v) is 3.98. The van der Waals surface area contributed by atoms with Crippen molar-refractivity contribution < 1.29 is 14.4 Å². The molecule has 0 aliphatic rings. The zero-order chi connectivity index (χ0) is 26.9. The molecule has 0 spiro atoms. The van der Waals surface area contributed by atoms with Crippen LogP contribution in [-0.4, -0.2) is 17.6 Å². The van der Waals surface area contributed by atoms with Crippen LogP contribution in [0.2, 0.25) is 0 Å². The lowest BCUT2D eigenvalue weighted by atomic mass is 10.1.